The van der Waals surface area contributed by atoms with Gasteiger partial charge in [0, 0.05) is 12.6 Å². The van der Waals surface area contributed by atoms with E-state index in [2.05, 4.69) is 20.4 Å². The normalized spacial score (nSPS) is 20.6. The molecule has 114 valence electrons. The Labute approximate surface area is 122 Å². The van der Waals surface area contributed by atoms with Crippen molar-refractivity contribution in [1.29, 1.82) is 0 Å². The zero-order chi connectivity index (χ0) is 15.4. The van der Waals surface area contributed by atoms with E-state index in [0.717, 1.165) is 12.0 Å². The fourth-order valence-corrected chi connectivity index (χ4v) is 2.75. The standard InChI is InChI=1S/C16H27NO3/c1-10(2)13(8-15(18)20-6)16(19)17-9-12(5)7-14(17)11(3)4/h10-11,13-14H,5,7-9H2,1-4,6H3/t13-,14-/m0/s1. The number of methoxy groups -OCH3 is 1. The Hall–Kier alpha value is -1.32. The van der Waals surface area contributed by atoms with Gasteiger partial charge in [-0.25, -0.2) is 0 Å². The van der Waals surface area contributed by atoms with E-state index in [-0.39, 0.29) is 36.2 Å². The summed E-state index contributed by atoms with van der Waals surface area (Å²) in [5.74, 6) is -0.0686. The summed E-state index contributed by atoms with van der Waals surface area (Å²) in [6.07, 6.45) is 1.02. The van der Waals surface area contributed by atoms with E-state index < -0.39 is 0 Å². The molecule has 1 amide bonds. The molecule has 2 atom stereocenters. The molecule has 0 radical (unpaired) electrons. The molecule has 20 heavy (non-hydrogen) atoms. The van der Waals surface area contributed by atoms with E-state index in [1.165, 1.54) is 7.11 Å². The smallest absolute Gasteiger partial charge is 0.306 e. The first kappa shape index (κ1) is 16.7. The summed E-state index contributed by atoms with van der Waals surface area (Å²) in [4.78, 5) is 26.2. The van der Waals surface area contributed by atoms with Crippen LogP contribution in [0.3, 0.4) is 0 Å². The lowest BCUT2D eigenvalue weighted by molar-refractivity contribution is -0.148. The van der Waals surface area contributed by atoms with Gasteiger partial charge < -0.3 is 9.64 Å². The van der Waals surface area contributed by atoms with Gasteiger partial charge in [0.05, 0.1) is 19.4 Å². The Morgan fingerprint density at radius 3 is 2.40 bits per heavy atom. The third kappa shape index (κ3) is 3.84. The second-order valence-electron chi connectivity index (χ2n) is 6.36. The van der Waals surface area contributed by atoms with E-state index in [0.29, 0.717) is 12.5 Å². The van der Waals surface area contributed by atoms with Crippen LogP contribution in [0, 0.1) is 17.8 Å². The largest absolute Gasteiger partial charge is 0.469 e. The molecular formula is C16H27NO3. The van der Waals surface area contributed by atoms with Crippen LogP contribution in [0.25, 0.3) is 0 Å². The van der Waals surface area contributed by atoms with E-state index in [9.17, 15) is 9.59 Å². The van der Waals surface area contributed by atoms with Crippen LogP contribution in [-0.4, -0.2) is 36.5 Å². The number of carbonyl (C=O) groups is 2. The van der Waals surface area contributed by atoms with Gasteiger partial charge in [0.2, 0.25) is 5.91 Å². The van der Waals surface area contributed by atoms with Crippen LogP contribution in [0.1, 0.15) is 40.5 Å². The molecule has 1 aliphatic rings. The van der Waals surface area contributed by atoms with Crippen LogP contribution in [0.4, 0.5) is 0 Å². The van der Waals surface area contributed by atoms with E-state index in [4.69, 9.17) is 4.74 Å². The zero-order valence-corrected chi connectivity index (χ0v) is 13.3. The number of nitrogens with zero attached hydrogens (tertiary/aromatic N) is 1. The number of carbonyl (C=O) groups excluding carboxylic acids is 2. The second-order valence-corrected chi connectivity index (χ2v) is 6.36. The van der Waals surface area contributed by atoms with Gasteiger partial charge in [-0.15, -0.1) is 0 Å². The van der Waals surface area contributed by atoms with Crippen LogP contribution in [0.2, 0.25) is 0 Å². The minimum atomic E-state index is -0.323. The molecule has 4 nitrogen and oxygen atoms in total. The summed E-state index contributed by atoms with van der Waals surface area (Å²) < 4.78 is 4.71. The molecule has 1 fully saturated rings. The van der Waals surface area contributed by atoms with Crippen molar-refractivity contribution in [2.45, 2.75) is 46.6 Å². The predicted molar refractivity (Wildman–Crippen MR) is 79.1 cm³/mol. The summed E-state index contributed by atoms with van der Waals surface area (Å²) in [7, 11) is 1.36. The van der Waals surface area contributed by atoms with Crippen molar-refractivity contribution < 1.29 is 14.3 Å². The maximum atomic E-state index is 12.8. The monoisotopic (exact) mass is 281 g/mol. The molecule has 0 aliphatic carbocycles. The lowest BCUT2D eigenvalue weighted by atomic mass is 9.90. The number of rotatable bonds is 5. The quantitative estimate of drug-likeness (QED) is 0.575. The number of esters is 1. The summed E-state index contributed by atoms with van der Waals surface area (Å²) in [5, 5.41) is 0. The topological polar surface area (TPSA) is 46.6 Å². The Kier molecular flexibility index (Phi) is 5.78. The summed E-state index contributed by atoms with van der Waals surface area (Å²) in [6.45, 7) is 12.8. The number of hydrogen-bond acceptors (Lipinski definition) is 3. The van der Waals surface area contributed by atoms with E-state index in [1.54, 1.807) is 0 Å². The third-order valence-corrected chi connectivity index (χ3v) is 4.08. The fourth-order valence-electron chi connectivity index (χ4n) is 2.75. The number of amides is 1. The fraction of sp³-hybridized carbons (Fsp3) is 0.750. The third-order valence-electron chi connectivity index (χ3n) is 4.08. The molecule has 1 aliphatic heterocycles. The molecule has 0 bridgehead atoms. The van der Waals surface area contributed by atoms with Gasteiger partial charge in [-0.1, -0.05) is 39.8 Å². The molecule has 1 heterocycles. The van der Waals surface area contributed by atoms with Gasteiger partial charge in [-0.2, -0.15) is 0 Å². The van der Waals surface area contributed by atoms with Crippen LogP contribution >= 0.6 is 0 Å². The molecule has 0 N–H and O–H groups in total. The number of likely N-dealkylation sites (tertiary alicyclic amines) is 1. The first-order chi connectivity index (χ1) is 9.27. The van der Waals surface area contributed by atoms with Gasteiger partial charge in [-0.3, -0.25) is 9.59 Å². The molecule has 1 rings (SSSR count). The molecule has 1 saturated heterocycles. The zero-order valence-electron chi connectivity index (χ0n) is 13.3. The highest BCUT2D eigenvalue weighted by Gasteiger charge is 2.37. The average molecular weight is 281 g/mol. The number of hydrogen-bond donors (Lipinski definition) is 0. The van der Waals surface area contributed by atoms with Crippen molar-refractivity contribution in [3.05, 3.63) is 12.2 Å². The van der Waals surface area contributed by atoms with E-state index >= 15 is 0 Å². The summed E-state index contributed by atoms with van der Waals surface area (Å²) in [5.41, 5.74) is 1.10. The minimum absolute atomic E-state index is 0.0581. The second kappa shape index (κ2) is 6.91. The molecule has 0 aromatic carbocycles. The van der Waals surface area contributed by atoms with Crippen molar-refractivity contribution in [2.75, 3.05) is 13.7 Å². The van der Waals surface area contributed by atoms with Gasteiger partial charge in [0.1, 0.15) is 0 Å². The van der Waals surface area contributed by atoms with Gasteiger partial charge in [0.25, 0.3) is 0 Å². The molecule has 0 aromatic rings. The highest BCUT2D eigenvalue weighted by molar-refractivity contribution is 5.84. The van der Waals surface area contributed by atoms with E-state index in [1.807, 2.05) is 18.7 Å². The van der Waals surface area contributed by atoms with Crippen molar-refractivity contribution in [3.8, 4) is 0 Å². The highest BCUT2D eigenvalue weighted by atomic mass is 16.5. The SMILES string of the molecule is C=C1C[C@@H](C(C)C)N(C(=O)[C@@H](CC(=O)OC)C(C)C)C1. The lowest BCUT2D eigenvalue weighted by Crippen LogP contribution is -2.44. The van der Waals surface area contributed by atoms with Crippen LogP contribution < -0.4 is 0 Å². The maximum absolute atomic E-state index is 12.8. The Bertz CT molecular complexity index is 387. The minimum Gasteiger partial charge on any atom is -0.469 e. The van der Waals surface area contributed by atoms with Crippen LogP contribution in [0.5, 0.6) is 0 Å². The first-order valence-electron chi connectivity index (χ1n) is 7.31. The van der Waals surface area contributed by atoms with Gasteiger partial charge >= 0.3 is 5.97 Å². The average Bonchev–Trinajstić information content (AvgIpc) is 2.76. The maximum Gasteiger partial charge on any atom is 0.306 e. The Balaban J connectivity index is 2.88. The molecule has 0 aromatic heterocycles. The Morgan fingerprint density at radius 2 is 1.95 bits per heavy atom. The van der Waals surface area contributed by atoms with Gasteiger partial charge in [0.15, 0.2) is 0 Å². The van der Waals surface area contributed by atoms with Crippen LogP contribution in [-0.2, 0) is 14.3 Å². The lowest BCUT2D eigenvalue weighted by Gasteiger charge is -2.31. The summed E-state index contributed by atoms with van der Waals surface area (Å²) >= 11 is 0. The van der Waals surface area contributed by atoms with Crippen molar-refractivity contribution >= 4 is 11.9 Å². The first-order valence-corrected chi connectivity index (χ1v) is 7.31. The molecule has 0 spiro atoms. The predicted octanol–water partition coefficient (Wildman–Crippen LogP) is 2.63. The molecule has 0 unspecified atom stereocenters. The summed E-state index contributed by atoms with van der Waals surface area (Å²) in [6, 6.07) is 0.203. The molecular weight excluding hydrogens is 254 g/mol. The van der Waals surface area contributed by atoms with Crippen molar-refractivity contribution in [3.63, 3.8) is 0 Å². The van der Waals surface area contributed by atoms with Crippen molar-refractivity contribution in [1.82, 2.24) is 4.90 Å². The van der Waals surface area contributed by atoms with Crippen molar-refractivity contribution in [2.24, 2.45) is 17.8 Å². The van der Waals surface area contributed by atoms with Crippen LogP contribution in [0.15, 0.2) is 12.2 Å². The van der Waals surface area contributed by atoms with Gasteiger partial charge in [-0.05, 0) is 18.3 Å². The molecule has 4 heteroatoms. The Morgan fingerprint density at radius 1 is 1.35 bits per heavy atom. The number of ether oxygens (including phenoxy) is 1. The highest BCUT2D eigenvalue weighted by Crippen LogP contribution is 2.30. The molecule has 0 saturated carbocycles.